The van der Waals surface area contributed by atoms with E-state index in [1.807, 2.05) is 0 Å². The topological polar surface area (TPSA) is 22.9 Å². The Balaban J connectivity index is 1.23. The van der Waals surface area contributed by atoms with Gasteiger partial charge < -0.3 is 19.1 Å². The van der Waals surface area contributed by atoms with Crippen molar-refractivity contribution in [2.75, 3.05) is 14.7 Å². The summed E-state index contributed by atoms with van der Waals surface area (Å²) in [7, 11) is 0. The van der Waals surface area contributed by atoms with Crippen molar-refractivity contribution < 1.29 is 4.42 Å². The lowest BCUT2D eigenvalue weighted by molar-refractivity contribution is 0.590. The SMILES string of the molecule is Cc1cc(C)c(-c2cc3c4c(c2)N(c2cc(N(c5ccc(C(C)(C)C)cc5)c5ccc(C(C)(C)C)cc5)c5oc6ccccc6c5c2)c2ccc(C(C)(C)C)cc2B4c2cc(C(C)(C)C)ccc2N3c2ccc(C(C)(C)C)cc2)c(C)c1. The van der Waals surface area contributed by atoms with E-state index in [1.165, 1.54) is 94.8 Å². The summed E-state index contributed by atoms with van der Waals surface area (Å²) < 4.78 is 7.18. The molecule has 0 N–H and O–H groups in total. The van der Waals surface area contributed by atoms with Crippen molar-refractivity contribution in [3.63, 3.8) is 0 Å². The molecule has 2 aliphatic rings. The fourth-order valence-electron chi connectivity index (χ4n) is 13.1. The number of rotatable bonds is 6. The number of benzene rings is 9. The van der Waals surface area contributed by atoms with Crippen molar-refractivity contribution in [2.24, 2.45) is 0 Å². The number of nitrogens with zero attached hydrogens (tertiary/aromatic N) is 3. The van der Waals surface area contributed by atoms with E-state index in [4.69, 9.17) is 4.42 Å². The molecule has 0 saturated heterocycles. The zero-order chi connectivity index (χ0) is 58.3. The smallest absolute Gasteiger partial charge is 0.252 e. The molecule has 10 aromatic rings. The lowest BCUT2D eigenvalue weighted by Crippen LogP contribution is -2.61. The fraction of sp³-hybridized carbons (Fsp3) is 0.299. The molecule has 9 aromatic carbocycles. The summed E-state index contributed by atoms with van der Waals surface area (Å²) in [5, 5.41) is 2.15. The van der Waals surface area contributed by atoms with Gasteiger partial charge in [0.2, 0.25) is 0 Å². The monoisotopic (exact) mass is 1080 g/mol. The van der Waals surface area contributed by atoms with Crippen LogP contribution in [0.2, 0.25) is 0 Å². The molecule has 0 bridgehead atoms. The Morgan fingerprint density at radius 1 is 0.390 bits per heavy atom. The van der Waals surface area contributed by atoms with Gasteiger partial charge in [0, 0.05) is 56.3 Å². The van der Waals surface area contributed by atoms with Gasteiger partial charge >= 0.3 is 0 Å². The molecular formula is C77H82BN3O. The minimum Gasteiger partial charge on any atom is -0.454 e. The van der Waals surface area contributed by atoms with E-state index in [9.17, 15) is 0 Å². The highest BCUT2D eigenvalue weighted by Gasteiger charge is 2.45. The highest BCUT2D eigenvalue weighted by Crippen LogP contribution is 2.52. The van der Waals surface area contributed by atoms with Gasteiger partial charge in [-0.25, -0.2) is 0 Å². The standard InChI is InChI=1S/C77H82BN3O/c1-47-39-48(2)70(49(3)40-47)50-41-66-71-67(42-50)81(65-38-30-55(77(16,17)18)44-63(65)78(71)62-43-54(76(13,14)15)29-37-64(62)80(66)58-35-27-53(28-36-58)75(10,11)12)59-45-61-60-21-19-20-22-69(60)82-72(61)68(46-59)79(56-31-23-51(24-32-56)73(4,5)6)57-33-25-52(26-34-57)74(7,8)9/h19-46H,1-18H3. The Bertz CT molecular complexity index is 4060. The van der Waals surface area contributed by atoms with E-state index < -0.39 is 0 Å². The van der Waals surface area contributed by atoms with Crippen LogP contribution in [0.5, 0.6) is 0 Å². The number of aryl methyl sites for hydroxylation is 3. The van der Waals surface area contributed by atoms with Gasteiger partial charge in [0.1, 0.15) is 5.58 Å². The Kier molecular flexibility index (Phi) is 12.8. The molecule has 82 heavy (non-hydrogen) atoms. The first-order valence-corrected chi connectivity index (χ1v) is 29.8. The molecule has 0 amide bonds. The molecule has 2 aliphatic heterocycles. The average molecular weight is 1080 g/mol. The third-order valence-electron chi connectivity index (χ3n) is 17.7. The zero-order valence-corrected chi connectivity index (χ0v) is 52.0. The molecule has 0 fully saturated rings. The molecule has 0 radical (unpaired) electrons. The minimum atomic E-state index is -0.105. The predicted molar refractivity (Wildman–Crippen MR) is 356 cm³/mol. The lowest BCUT2D eigenvalue weighted by atomic mass is 9.33. The maximum Gasteiger partial charge on any atom is 0.252 e. The van der Waals surface area contributed by atoms with Crippen molar-refractivity contribution in [1.29, 1.82) is 0 Å². The Morgan fingerprint density at radius 3 is 1.28 bits per heavy atom. The van der Waals surface area contributed by atoms with Crippen LogP contribution in [0.1, 0.15) is 148 Å². The molecule has 1 aromatic heterocycles. The molecule has 0 spiro atoms. The second-order valence-electron chi connectivity index (χ2n) is 29.0. The van der Waals surface area contributed by atoms with Crippen LogP contribution in [-0.2, 0) is 27.1 Å². The van der Waals surface area contributed by atoms with E-state index >= 15 is 0 Å². The summed E-state index contributed by atoms with van der Waals surface area (Å²) in [6.45, 7) is 41.5. The quantitative estimate of drug-likeness (QED) is 0.155. The van der Waals surface area contributed by atoms with Gasteiger partial charge in [-0.05, 0) is 193 Å². The summed E-state index contributed by atoms with van der Waals surface area (Å²) in [5.41, 5.74) is 28.3. The molecule has 3 heterocycles. The van der Waals surface area contributed by atoms with Crippen LogP contribution in [0, 0.1) is 20.8 Å². The number of anilines is 9. The average Bonchev–Trinajstić information content (AvgIpc) is 3.91. The second kappa shape index (κ2) is 19.2. The van der Waals surface area contributed by atoms with Gasteiger partial charge in [0.25, 0.3) is 6.71 Å². The van der Waals surface area contributed by atoms with Gasteiger partial charge in [0.15, 0.2) is 5.58 Å². The van der Waals surface area contributed by atoms with E-state index in [1.54, 1.807) is 0 Å². The molecular weight excluding hydrogens is 994 g/mol. The van der Waals surface area contributed by atoms with Crippen LogP contribution in [0.3, 0.4) is 0 Å². The van der Waals surface area contributed by atoms with E-state index in [0.717, 1.165) is 50.4 Å². The Hall–Kier alpha value is -7.76. The summed E-state index contributed by atoms with van der Waals surface area (Å²) >= 11 is 0. The maximum atomic E-state index is 7.18. The number of furan rings is 1. The van der Waals surface area contributed by atoms with Crippen molar-refractivity contribution in [3.05, 3.63) is 214 Å². The molecule has 0 saturated carbocycles. The van der Waals surface area contributed by atoms with Crippen molar-refractivity contribution in [1.82, 2.24) is 0 Å². The molecule has 4 nitrogen and oxygen atoms in total. The fourth-order valence-corrected chi connectivity index (χ4v) is 13.1. The molecule has 0 unspecified atom stereocenters. The highest BCUT2D eigenvalue weighted by atomic mass is 16.3. The van der Waals surface area contributed by atoms with Crippen LogP contribution in [-0.4, -0.2) is 6.71 Å². The molecule has 12 rings (SSSR count). The first-order chi connectivity index (χ1) is 38.5. The first kappa shape index (κ1) is 54.8. The Morgan fingerprint density at radius 2 is 0.817 bits per heavy atom. The molecule has 0 atom stereocenters. The van der Waals surface area contributed by atoms with Gasteiger partial charge in [-0.1, -0.05) is 200 Å². The second-order valence-corrected chi connectivity index (χ2v) is 29.0. The molecule has 5 heteroatoms. The van der Waals surface area contributed by atoms with E-state index in [-0.39, 0.29) is 33.8 Å². The summed E-state index contributed by atoms with van der Waals surface area (Å²) in [6.07, 6.45) is 0. The summed E-state index contributed by atoms with van der Waals surface area (Å²) in [4.78, 5) is 7.64. The lowest BCUT2D eigenvalue weighted by Gasteiger charge is -2.45. The third-order valence-corrected chi connectivity index (χ3v) is 17.7. The van der Waals surface area contributed by atoms with Crippen LogP contribution >= 0.6 is 0 Å². The van der Waals surface area contributed by atoms with Crippen LogP contribution in [0.15, 0.2) is 174 Å². The van der Waals surface area contributed by atoms with Crippen molar-refractivity contribution in [3.8, 4) is 11.1 Å². The zero-order valence-electron chi connectivity index (χ0n) is 52.0. The molecule has 0 aliphatic carbocycles. The number of fused-ring (bicyclic) bond motifs is 7. The number of hydrogen-bond donors (Lipinski definition) is 0. The van der Waals surface area contributed by atoms with Gasteiger partial charge in [-0.15, -0.1) is 0 Å². The predicted octanol–water partition coefficient (Wildman–Crippen LogP) is 20.2. The van der Waals surface area contributed by atoms with Crippen molar-refractivity contribution in [2.45, 2.75) is 152 Å². The maximum absolute atomic E-state index is 7.18. The Labute approximate surface area is 489 Å². The van der Waals surface area contributed by atoms with Gasteiger partial charge in [-0.2, -0.15) is 0 Å². The summed E-state index contributed by atoms with van der Waals surface area (Å²) in [6, 6.07) is 65.7. The largest absolute Gasteiger partial charge is 0.454 e. The van der Waals surface area contributed by atoms with Crippen LogP contribution in [0.4, 0.5) is 51.2 Å². The third kappa shape index (κ3) is 9.43. The van der Waals surface area contributed by atoms with E-state index in [2.05, 4.69) is 309 Å². The minimum absolute atomic E-state index is 0.00118. The van der Waals surface area contributed by atoms with Crippen LogP contribution < -0.4 is 31.1 Å². The number of hydrogen-bond acceptors (Lipinski definition) is 4. The van der Waals surface area contributed by atoms with Gasteiger partial charge in [0.05, 0.1) is 5.69 Å². The molecule has 414 valence electrons. The normalized spacial score (nSPS) is 13.7. The van der Waals surface area contributed by atoms with Gasteiger partial charge in [-0.3, -0.25) is 0 Å². The van der Waals surface area contributed by atoms with E-state index in [0.29, 0.717) is 0 Å². The highest BCUT2D eigenvalue weighted by molar-refractivity contribution is 7.00. The van der Waals surface area contributed by atoms with Crippen molar-refractivity contribution >= 4 is 96.2 Å². The first-order valence-electron chi connectivity index (χ1n) is 29.8. The van der Waals surface area contributed by atoms with Crippen LogP contribution in [0.25, 0.3) is 33.1 Å². The summed E-state index contributed by atoms with van der Waals surface area (Å²) in [5.74, 6) is 0. The number of para-hydroxylation sites is 1.